The highest BCUT2D eigenvalue weighted by atomic mass is 32.2. The van der Waals surface area contributed by atoms with Gasteiger partial charge in [-0.3, -0.25) is 13.9 Å². The zero-order valence-electron chi connectivity index (χ0n) is 20.7. The fraction of sp³-hybridized carbons (Fsp3) is 0.440. The summed E-state index contributed by atoms with van der Waals surface area (Å²) in [4.78, 5) is 27.5. The van der Waals surface area contributed by atoms with Gasteiger partial charge in [0.25, 0.3) is 0 Å². The van der Waals surface area contributed by atoms with E-state index in [0.717, 1.165) is 23.4 Å². The number of nitrogens with one attached hydrogen (secondary N) is 1. The summed E-state index contributed by atoms with van der Waals surface area (Å²) in [7, 11) is -3.90. The van der Waals surface area contributed by atoms with E-state index in [1.165, 1.54) is 23.1 Å². The van der Waals surface area contributed by atoms with Crippen molar-refractivity contribution in [1.82, 2.24) is 10.2 Å². The minimum Gasteiger partial charge on any atom is -0.492 e. The first kappa shape index (κ1) is 28.1. The Labute approximate surface area is 207 Å². The monoisotopic (exact) mass is 507 g/mol. The molecule has 8 nitrogen and oxygen atoms in total. The summed E-state index contributed by atoms with van der Waals surface area (Å²) in [6.45, 7) is 5.27. The number of carbonyl (C=O) groups is 2. The van der Waals surface area contributed by atoms with Crippen LogP contribution in [0.25, 0.3) is 0 Å². The molecule has 0 heterocycles. The molecule has 35 heavy (non-hydrogen) atoms. The van der Waals surface area contributed by atoms with Crippen molar-refractivity contribution >= 4 is 27.5 Å². The molecule has 1 atom stereocenters. The number of nitrogens with zero attached hydrogens (tertiary/aromatic N) is 2. The number of amides is 2. The van der Waals surface area contributed by atoms with Gasteiger partial charge in [-0.05, 0) is 38.5 Å². The highest BCUT2D eigenvalue weighted by Gasteiger charge is 2.31. The molecule has 2 rings (SSSR count). The first-order valence-corrected chi connectivity index (χ1v) is 13.4. The lowest BCUT2D eigenvalue weighted by Crippen LogP contribution is -2.51. The Bertz CT molecular complexity index is 1110. The molecule has 0 aliphatic rings. The highest BCUT2D eigenvalue weighted by molar-refractivity contribution is 7.92. The quantitative estimate of drug-likeness (QED) is 0.420. The molecule has 2 aromatic rings. The molecule has 0 radical (unpaired) electrons. The van der Waals surface area contributed by atoms with Crippen LogP contribution >= 0.6 is 0 Å². The summed E-state index contributed by atoms with van der Waals surface area (Å²) < 4.78 is 46.3. The molecule has 1 N–H and O–H groups in total. The first-order valence-electron chi connectivity index (χ1n) is 11.6. The molecular formula is C25H34FN3O5S. The molecule has 0 saturated carbocycles. The highest BCUT2D eigenvalue weighted by Crippen LogP contribution is 2.30. The van der Waals surface area contributed by atoms with E-state index in [4.69, 9.17) is 4.74 Å². The molecule has 0 bridgehead atoms. The second-order valence-electron chi connectivity index (χ2n) is 8.10. The number of unbranched alkanes of at least 4 members (excludes halogenated alkanes) is 1. The largest absolute Gasteiger partial charge is 0.492 e. The molecule has 2 amide bonds. The van der Waals surface area contributed by atoms with E-state index in [1.54, 1.807) is 44.2 Å². The van der Waals surface area contributed by atoms with Gasteiger partial charge in [-0.1, -0.05) is 43.7 Å². The van der Waals surface area contributed by atoms with Crippen LogP contribution in [0.15, 0.2) is 48.5 Å². The Kier molecular flexibility index (Phi) is 10.5. The third-order valence-electron chi connectivity index (χ3n) is 5.41. The van der Waals surface area contributed by atoms with Crippen LogP contribution in [0.5, 0.6) is 5.75 Å². The number of ether oxygens (including phenoxy) is 1. The molecule has 0 aliphatic carbocycles. The van der Waals surface area contributed by atoms with E-state index < -0.39 is 40.2 Å². The minimum absolute atomic E-state index is 0.196. The van der Waals surface area contributed by atoms with Crippen LogP contribution < -0.4 is 14.4 Å². The Hall–Kier alpha value is -3.14. The predicted molar refractivity (Wildman–Crippen MR) is 134 cm³/mol. The van der Waals surface area contributed by atoms with Gasteiger partial charge in [0, 0.05) is 18.7 Å². The van der Waals surface area contributed by atoms with Crippen LogP contribution in [0.2, 0.25) is 0 Å². The number of sulfonamides is 1. The maximum absolute atomic E-state index is 14.4. The second-order valence-corrected chi connectivity index (χ2v) is 10.0. The number of carbonyl (C=O) groups excluding carboxylic acids is 2. The SMILES string of the molecule is CCCCNC(=O)[C@@H](C)N(Cc1ccccc1F)C(=O)CN(c1ccccc1OCC)S(C)(=O)=O. The van der Waals surface area contributed by atoms with Gasteiger partial charge in [-0.25, -0.2) is 12.8 Å². The molecule has 0 unspecified atom stereocenters. The van der Waals surface area contributed by atoms with Crippen LogP contribution in [0.3, 0.4) is 0 Å². The maximum atomic E-state index is 14.4. The molecule has 0 aromatic heterocycles. The smallest absolute Gasteiger partial charge is 0.244 e. The zero-order chi connectivity index (χ0) is 26.0. The van der Waals surface area contributed by atoms with Gasteiger partial charge >= 0.3 is 0 Å². The van der Waals surface area contributed by atoms with E-state index in [0.29, 0.717) is 18.9 Å². The summed E-state index contributed by atoms with van der Waals surface area (Å²) in [5.74, 6) is -1.27. The summed E-state index contributed by atoms with van der Waals surface area (Å²) >= 11 is 0. The Morgan fingerprint density at radius 3 is 2.37 bits per heavy atom. The topological polar surface area (TPSA) is 96.0 Å². The molecule has 10 heteroatoms. The fourth-order valence-corrected chi connectivity index (χ4v) is 4.32. The van der Waals surface area contributed by atoms with Crippen LogP contribution in [-0.2, 0) is 26.2 Å². The van der Waals surface area contributed by atoms with Crippen molar-refractivity contribution in [3.63, 3.8) is 0 Å². The third-order valence-corrected chi connectivity index (χ3v) is 6.53. The van der Waals surface area contributed by atoms with Crippen molar-refractivity contribution in [2.75, 3.05) is 30.3 Å². The van der Waals surface area contributed by atoms with Gasteiger partial charge in [0.15, 0.2) is 0 Å². The standard InChI is InChI=1S/C25H34FN3O5S/c1-5-7-16-27-25(31)19(3)28(17-20-12-8-9-13-21(20)26)24(30)18-29(35(4,32)33)22-14-10-11-15-23(22)34-6-2/h8-15,19H,5-7,16-18H2,1-4H3,(H,27,31)/t19-/m1/s1. The number of hydrogen-bond acceptors (Lipinski definition) is 5. The molecular weight excluding hydrogens is 473 g/mol. The summed E-state index contributed by atoms with van der Waals surface area (Å²) in [5, 5.41) is 2.78. The van der Waals surface area contributed by atoms with E-state index in [2.05, 4.69) is 5.32 Å². The number of rotatable bonds is 13. The average molecular weight is 508 g/mol. The fourth-order valence-electron chi connectivity index (χ4n) is 3.46. The molecule has 0 aliphatic heterocycles. The Morgan fingerprint density at radius 1 is 1.09 bits per heavy atom. The van der Waals surface area contributed by atoms with Crippen molar-refractivity contribution < 1.29 is 27.1 Å². The summed E-state index contributed by atoms with van der Waals surface area (Å²) in [6.07, 6.45) is 2.65. The van der Waals surface area contributed by atoms with Crippen molar-refractivity contribution in [3.05, 3.63) is 59.9 Å². The average Bonchev–Trinajstić information content (AvgIpc) is 2.81. The van der Waals surface area contributed by atoms with Gasteiger partial charge < -0.3 is 15.0 Å². The van der Waals surface area contributed by atoms with E-state index >= 15 is 0 Å². The lowest BCUT2D eigenvalue weighted by atomic mass is 10.1. The number of para-hydroxylation sites is 2. The second kappa shape index (κ2) is 13.1. The Balaban J connectivity index is 2.41. The van der Waals surface area contributed by atoms with Gasteiger partial charge in [-0.2, -0.15) is 0 Å². The van der Waals surface area contributed by atoms with Gasteiger partial charge in [-0.15, -0.1) is 0 Å². The lowest BCUT2D eigenvalue weighted by Gasteiger charge is -2.32. The summed E-state index contributed by atoms with van der Waals surface area (Å²) in [6, 6.07) is 11.5. The third kappa shape index (κ3) is 7.95. The molecule has 0 saturated heterocycles. The van der Waals surface area contributed by atoms with Crippen LogP contribution in [-0.4, -0.2) is 57.1 Å². The maximum Gasteiger partial charge on any atom is 0.244 e. The first-order chi connectivity index (χ1) is 16.6. The van der Waals surface area contributed by atoms with E-state index in [-0.39, 0.29) is 17.8 Å². The molecule has 192 valence electrons. The van der Waals surface area contributed by atoms with E-state index in [9.17, 15) is 22.4 Å². The van der Waals surface area contributed by atoms with Gasteiger partial charge in [0.1, 0.15) is 24.2 Å². The van der Waals surface area contributed by atoms with Gasteiger partial charge in [0.2, 0.25) is 21.8 Å². The summed E-state index contributed by atoms with van der Waals surface area (Å²) in [5.41, 5.74) is 0.422. The van der Waals surface area contributed by atoms with Crippen molar-refractivity contribution in [2.45, 2.75) is 46.2 Å². The number of hydrogen-bond donors (Lipinski definition) is 1. The minimum atomic E-state index is -3.90. The van der Waals surface area contributed by atoms with Crippen molar-refractivity contribution in [2.24, 2.45) is 0 Å². The molecule has 2 aromatic carbocycles. The lowest BCUT2D eigenvalue weighted by molar-refractivity contribution is -0.139. The van der Waals surface area contributed by atoms with Crippen LogP contribution in [0.1, 0.15) is 39.2 Å². The predicted octanol–water partition coefficient (Wildman–Crippen LogP) is 3.32. The van der Waals surface area contributed by atoms with Crippen molar-refractivity contribution in [3.8, 4) is 5.75 Å². The van der Waals surface area contributed by atoms with Crippen LogP contribution in [0, 0.1) is 5.82 Å². The van der Waals surface area contributed by atoms with Crippen LogP contribution in [0.4, 0.5) is 10.1 Å². The van der Waals surface area contributed by atoms with Crippen molar-refractivity contribution in [1.29, 1.82) is 0 Å². The molecule has 0 spiro atoms. The number of benzene rings is 2. The zero-order valence-corrected chi connectivity index (χ0v) is 21.5. The number of halogens is 1. The van der Waals surface area contributed by atoms with Gasteiger partial charge in [0.05, 0.1) is 18.6 Å². The van der Waals surface area contributed by atoms with E-state index in [1.807, 2.05) is 6.92 Å². The normalized spacial score (nSPS) is 12.0. The molecule has 0 fully saturated rings. The Morgan fingerprint density at radius 2 is 1.74 bits per heavy atom. The number of anilines is 1.